The van der Waals surface area contributed by atoms with E-state index >= 15 is 0 Å². The van der Waals surface area contributed by atoms with Crippen LogP contribution in [0.2, 0.25) is 0 Å². The number of carbonyl (C=O) groups is 1. The molecule has 0 aliphatic carbocycles. The van der Waals surface area contributed by atoms with Crippen molar-refractivity contribution >= 4 is 29.0 Å². The first-order chi connectivity index (χ1) is 13.7. The molecule has 0 spiro atoms. The monoisotopic (exact) mass is 401 g/mol. The maximum absolute atomic E-state index is 12.6. The maximum atomic E-state index is 12.6. The van der Waals surface area contributed by atoms with Gasteiger partial charge in [0.1, 0.15) is 5.82 Å². The van der Waals surface area contributed by atoms with Gasteiger partial charge in [-0.1, -0.05) is 18.2 Å². The fraction of sp³-hybridized carbons (Fsp3) is 0.550. The number of ether oxygens (including phenoxy) is 1. The Bertz CT molecular complexity index is 801. The molecule has 28 heavy (non-hydrogen) atoms. The van der Waals surface area contributed by atoms with Gasteiger partial charge in [0.15, 0.2) is 5.16 Å². The van der Waals surface area contributed by atoms with Gasteiger partial charge in [0.25, 0.3) is 0 Å². The van der Waals surface area contributed by atoms with Crippen LogP contribution in [0.25, 0.3) is 0 Å². The smallest absolute Gasteiger partial charge is 0.237 e. The number of benzene rings is 1. The van der Waals surface area contributed by atoms with E-state index in [0.717, 1.165) is 68.0 Å². The Morgan fingerprint density at radius 1 is 1.11 bits per heavy atom. The molecule has 2 aliphatic heterocycles. The van der Waals surface area contributed by atoms with Crippen molar-refractivity contribution < 1.29 is 9.53 Å². The normalized spacial score (nSPS) is 18.2. The molecule has 8 heteroatoms. The number of amides is 1. The molecule has 1 saturated heterocycles. The number of rotatable bonds is 5. The lowest BCUT2D eigenvalue weighted by Gasteiger charge is -2.28. The van der Waals surface area contributed by atoms with Crippen molar-refractivity contribution in [1.82, 2.24) is 14.8 Å². The molecule has 1 fully saturated rings. The first-order valence-electron chi connectivity index (χ1n) is 10.0. The second kappa shape index (κ2) is 8.96. The first-order valence-corrected chi connectivity index (χ1v) is 10.9. The average molecular weight is 402 g/mol. The molecule has 2 aliphatic rings. The molecule has 2 aromatic rings. The van der Waals surface area contributed by atoms with Gasteiger partial charge in [-0.05, 0) is 44.0 Å². The minimum absolute atomic E-state index is 0.0184. The van der Waals surface area contributed by atoms with Crippen molar-refractivity contribution in [1.29, 1.82) is 0 Å². The fourth-order valence-electron chi connectivity index (χ4n) is 3.58. The van der Waals surface area contributed by atoms with Gasteiger partial charge in [-0.2, -0.15) is 0 Å². The zero-order chi connectivity index (χ0) is 19.3. The summed E-state index contributed by atoms with van der Waals surface area (Å²) in [6, 6.07) is 8.03. The Kier molecular flexibility index (Phi) is 6.17. The predicted octanol–water partition coefficient (Wildman–Crippen LogP) is 2.96. The maximum Gasteiger partial charge on any atom is 0.237 e. The van der Waals surface area contributed by atoms with E-state index in [1.807, 2.05) is 19.1 Å². The van der Waals surface area contributed by atoms with Crippen molar-refractivity contribution in [2.45, 2.75) is 49.6 Å². The number of fused-ring (bicyclic) bond motifs is 1. The Morgan fingerprint density at radius 3 is 2.68 bits per heavy atom. The van der Waals surface area contributed by atoms with Gasteiger partial charge < -0.3 is 19.5 Å². The molecule has 1 N–H and O–H groups in total. The highest BCUT2D eigenvalue weighted by atomic mass is 32.2. The van der Waals surface area contributed by atoms with Crippen molar-refractivity contribution in [2.24, 2.45) is 0 Å². The molecule has 1 atom stereocenters. The molecule has 0 unspecified atom stereocenters. The number of morpholine rings is 1. The fourth-order valence-corrected chi connectivity index (χ4v) is 4.47. The summed E-state index contributed by atoms with van der Waals surface area (Å²) >= 11 is 1.48. The third-order valence-electron chi connectivity index (χ3n) is 5.24. The molecule has 0 saturated carbocycles. The molecule has 1 amide bonds. The van der Waals surface area contributed by atoms with Gasteiger partial charge in [-0.25, -0.2) is 0 Å². The summed E-state index contributed by atoms with van der Waals surface area (Å²) in [5.41, 5.74) is 1.98. The lowest BCUT2D eigenvalue weighted by atomic mass is 10.2. The average Bonchev–Trinajstić information content (AvgIpc) is 2.95. The van der Waals surface area contributed by atoms with Gasteiger partial charge in [0, 0.05) is 37.4 Å². The van der Waals surface area contributed by atoms with Crippen molar-refractivity contribution in [3.05, 3.63) is 30.1 Å². The van der Waals surface area contributed by atoms with Crippen LogP contribution in [0.5, 0.6) is 0 Å². The van der Waals surface area contributed by atoms with Crippen molar-refractivity contribution in [3.63, 3.8) is 0 Å². The van der Waals surface area contributed by atoms with Crippen LogP contribution in [-0.4, -0.2) is 52.2 Å². The van der Waals surface area contributed by atoms with Gasteiger partial charge in [0.05, 0.1) is 18.5 Å². The molecule has 1 aromatic heterocycles. The lowest BCUT2D eigenvalue weighted by molar-refractivity contribution is -0.115. The molecule has 1 aromatic carbocycles. The third-order valence-corrected chi connectivity index (χ3v) is 6.32. The number of hydrogen-bond acceptors (Lipinski definition) is 6. The molecule has 7 nitrogen and oxygen atoms in total. The Hall–Kier alpha value is -2.06. The number of aromatic nitrogens is 3. The Labute approximate surface area is 169 Å². The number of nitrogens with one attached hydrogen (secondary N) is 1. The number of anilines is 2. The highest BCUT2D eigenvalue weighted by molar-refractivity contribution is 8.00. The number of thioether (sulfide) groups is 1. The summed E-state index contributed by atoms with van der Waals surface area (Å²) in [5, 5.41) is 12.3. The zero-order valence-corrected chi connectivity index (χ0v) is 17.1. The lowest BCUT2D eigenvalue weighted by Crippen LogP contribution is -2.36. The largest absolute Gasteiger partial charge is 0.378 e. The predicted molar refractivity (Wildman–Crippen MR) is 111 cm³/mol. The van der Waals surface area contributed by atoms with E-state index in [0.29, 0.717) is 0 Å². The Morgan fingerprint density at radius 2 is 1.89 bits per heavy atom. The number of aryl methyl sites for hydroxylation is 1. The van der Waals surface area contributed by atoms with Gasteiger partial charge in [-0.3, -0.25) is 4.79 Å². The quantitative estimate of drug-likeness (QED) is 0.777. The van der Waals surface area contributed by atoms with E-state index in [-0.39, 0.29) is 11.2 Å². The van der Waals surface area contributed by atoms with Crippen molar-refractivity contribution in [3.8, 4) is 0 Å². The van der Waals surface area contributed by atoms with Gasteiger partial charge >= 0.3 is 0 Å². The van der Waals surface area contributed by atoms with Gasteiger partial charge in [-0.15, -0.1) is 10.2 Å². The minimum Gasteiger partial charge on any atom is -0.378 e. The number of hydrogen-bond donors (Lipinski definition) is 1. The summed E-state index contributed by atoms with van der Waals surface area (Å²) in [4.78, 5) is 14.9. The van der Waals surface area contributed by atoms with Gasteiger partial charge in [0.2, 0.25) is 5.91 Å². The van der Waals surface area contributed by atoms with Crippen molar-refractivity contribution in [2.75, 3.05) is 36.5 Å². The summed E-state index contributed by atoms with van der Waals surface area (Å²) in [6.07, 6.45) is 4.52. The highest BCUT2D eigenvalue weighted by Gasteiger charge is 2.21. The van der Waals surface area contributed by atoms with E-state index in [4.69, 9.17) is 4.74 Å². The molecule has 4 rings (SSSR count). The zero-order valence-electron chi connectivity index (χ0n) is 16.3. The van der Waals surface area contributed by atoms with Crippen LogP contribution >= 0.6 is 11.8 Å². The van der Waals surface area contributed by atoms with Crippen LogP contribution in [0, 0.1) is 0 Å². The topological polar surface area (TPSA) is 72.3 Å². The number of nitrogens with zero attached hydrogens (tertiary/aromatic N) is 4. The molecule has 0 radical (unpaired) electrons. The van der Waals surface area contributed by atoms with E-state index in [1.165, 1.54) is 24.6 Å². The molecule has 150 valence electrons. The summed E-state index contributed by atoms with van der Waals surface area (Å²) < 4.78 is 7.58. The van der Waals surface area contributed by atoms with E-state index in [1.54, 1.807) is 0 Å². The molecule has 0 bridgehead atoms. The summed E-state index contributed by atoms with van der Waals surface area (Å²) in [6.45, 7) is 6.20. The molecule has 3 heterocycles. The van der Waals surface area contributed by atoms with E-state index in [2.05, 4.69) is 37.1 Å². The van der Waals surface area contributed by atoms with Crippen LogP contribution in [0.3, 0.4) is 0 Å². The van der Waals surface area contributed by atoms with E-state index < -0.39 is 0 Å². The summed E-state index contributed by atoms with van der Waals surface area (Å²) in [7, 11) is 0. The standard InChI is InChI=1S/C20H27N5O2S/c1-15(28-20-23-22-18-5-3-2-4-10-25(18)20)19(26)21-16-6-8-17(9-7-16)24-11-13-27-14-12-24/h6-9,15H,2-5,10-14H2,1H3,(H,21,26)/t15-/m1/s1. The van der Waals surface area contributed by atoms with Crippen LogP contribution in [0.1, 0.15) is 32.0 Å². The minimum atomic E-state index is -0.240. The summed E-state index contributed by atoms with van der Waals surface area (Å²) in [5.74, 6) is 1.03. The SMILES string of the molecule is C[C@@H](Sc1nnc2n1CCCCC2)C(=O)Nc1ccc(N2CCOCC2)cc1. The molecular weight excluding hydrogens is 374 g/mol. The molecular formula is C20H27N5O2S. The van der Waals surface area contributed by atoms with E-state index in [9.17, 15) is 4.79 Å². The highest BCUT2D eigenvalue weighted by Crippen LogP contribution is 2.26. The van der Waals surface area contributed by atoms with Crippen LogP contribution in [-0.2, 0) is 22.5 Å². The van der Waals surface area contributed by atoms with Crippen LogP contribution in [0.15, 0.2) is 29.4 Å². The first kappa shape index (κ1) is 19.3. The second-order valence-electron chi connectivity index (χ2n) is 7.26. The third kappa shape index (κ3) is 4.50. The Balaban J connectivity index is 1.35. The number of carbonyl (C=O) groups excluding carboxylic acids is 1. The van der Waals surface area contributed by atoms with Crippen LogP contribution in [0.4, 0.5) is 11.4 Å². The van der Waals surface area contributed by atoms with Crippen LogP contribution < -0.4 is 10.2 Å². The second-order valence-corrected chi connectivity index (χ2v) is 8.56.